The molecule has 2 atom stereocenters. The summed E-state index contributed by atoms with van der Waals surface area (Å²) in [7, 11) is 0. The van der Waals surface area contributed by atoms with Gasteiger partial charge in [0.25, 0.3) is 5.91 Å². The fraction of sp³-hybridized carbons (Fsp3) is 0.333. The van der Waals surface area contributed by atoms with E-state index in [0.717, 1.165) is 35.1 Å². The lowest BCUT2D eigenvalue weighted by Gasteiger charge is -2.34. The minimum absolute atomic E-state index is 0.0115. The molecule has 1 aliphatic heterocycles. The van der Waals surface area contributed by atoms with Crippen LogP contribution >= 0.6 is 0 Å². The molecule has 132 valence electrons. The lowest BCUT2D eigenvalue weighted by atomic mass is 9.91. The highest BCUT2D eigenvalue weighted by atomic mass is 16.2. The highest BCUT2D eigenvalue weighted by Crippen LogP contribution is 2.29. The highest BCUT2D eigenvalue weighted by Gasteiger charge is 2.27. The van der Waals surface area contributed by atoms with E-state index in [1.54, 1.807) is 24.8 Å². The molecule has 1 saturated heterocycles. The third-order valence-electron chi connectivity index (χ3n) is 4.98. The summed E-state index contributed by atoms with van der Waals surface area (Å²) in [5.41, 5.74) is 3.26. The first-order valence-corrected chi connectivity index (χ1v) is 9.06. The quantitative estimate of drug-likeness (QED) is 0.708. The van der Waals surface area contributed by atoms with Crippen molar-refractivity contribution in [1.82, 2.24) is 19.9 Å². The maximum atomic E-state index is 13.2. The van der Waals surface area contributed by atoms with Crippen molar-refractivity contribution in [3.05, 3.63) is 54.7 Å². The van der Waals surface area contributed by atoms with Gasteiger partial charge in [0.1, 0.15) is 5.69 Å². The molecule has 26 heavy (non-hydrogen) atoms. The molecule has 5 nitrogen and oxygen atoms in total. The molecular formula is C21H22N4O. The van der Waals surface area contributed by atoms with E-state index >= 15 is 0 Å². The van der Waals surface area contributed by atoms with Gasteiger partial charge in [-0.2, -0.15) is 0 Å². The molecule has 0 bridgehead atoms. The second kappa shape index (κ2) is 6.83. The molecule has 0 aliphatic carbocycles. The van der Waals surface area contributed by atoms with Crippen molar-refractivity contribution >= 4 is 16.8 Å². The van der Waals surface area contributed by atoms with Crippen LogP contribution in [0.1, 0.15) is 30.8 Å². The van der Waals surface area contributed by atoms with Crippen molar-refractivity contribution in [2.75, 3.05) is 13.1 Å². The number of likely N-dealkylation sites (tertiary alicyclic amines) is 1. The summed E-state index contributed by atoms with van der Waals surface area (Å²) < 4.78 is 0. The first kappa shape index (κ1) is 16.6. The standard InChI is InChI=1S/C21H22N4O/c1-14-9-15(2)13-25(12-14)21(26)20-10-17(16-3-6-22-7-4-16)18-11-23-8-5-19(18)24-20/h3-8,10-11,14-15H,9,12-13H2,1-2H3/t14-,15-/m1/s1. The van der Waals surface area contributed by atoms with Crippen molar-refractivity contribution in [2.45, 2.75) is 20.3 Å². The van der Waals surface area contributed by atoms with Crippen LogP contribution in [0, 0.1) is 11.8 Å². The average molecular weight is 346 g/mol. The van der Waals surface area contributed by atoms with Crippen LogP contribution in [-0.2, 0) is 0 Å². The van der Waals surface area contributed by atoms with Gasteiger partial charge >= 0.3 is 0 Å². The number of carbonyl (C=O) groups is 1. The Morgan fingerprint density at radius 2 is 1.73 bits per heavy atom. The Labute approximate surface area is 153 Å². The molecule has 0 unspecified atom stereocenters. The van der Waals surface area contributed by atoms with Crippen molar-refractivity contribution < 1.29 is 4.79 Å². The van der Waals surface area contributed by atoms with Gasteiger partial charge in [-0.25, -0.2) is 4.98 Å². The minimum Gasteiger partial charge on any atom is -0.337 e. The fourth-order valence-electron chi connectivity index (χ4n) is 3.94. The van der Waals surface area contributed by atoms with E-state index in [1.165, 1.54) is 6.42 Å². The number of rotatable bonds is 2. The number of fused-ring (bicyclic) bond motifs is 1. The second-order valence-electron chi connectivity index (χ2n) is 7.34. The van der Waals surface area contributed by atoms with Crippen LogP contribution < -0.4 is 0 Å². The number of nitrogens with zero attached hydrogens (tertiary/aromatic N) is 4. The highest BCUT2D eigenvalue weighted by molar-refractivity contribution is 6.01. The van der Waals surface area contributed by atoms with Gasteiger partial charge in [0.15, 0.2) is 0 Å². The van der Waals surface area contributed by atoms with Gasteiger partial charge < -0.3 is 4.90 Å². The van der Waals surface area contributed by atoms with Crippen molar-refractivity contribution in [3.8, 4) is 11.1 Å². The monoisotopic (exact) mass is 346 g/mol. The van der Waals surface area contributed by atoms with E-state index in [4.69, 9.17) is 0 Å². The largest absolute Gasteiger partial charge is 0.337 e. The predicted octanol–water partition coefficient (Wildman–Crippen LogP) is 3.81. The second-order valence-corrected chi connectivity index (χ2v) is 7.34. The number of hydrogen-bond donors (Lipinski definition) is 0. The molecule has 1 aliphatic rings. The summed E-state index contributed by atoms with van der Waals surface area (Å²) in [4.78, 5) is 28.1. The van der Waals surface area contributed by atoms with Crippen molar-refractivity contribution in [1.29, 1.82) is 0 Å². The van der Waals surface area contributed by atoms with Gasteiger partial charge in [0.2, 0.25) is 0 Å². The summed E-state index contributed by atoms with van der Waals surface area (Å²) in [5, 5.41) is 0.940. The van der Waals surface area contributed by atoms with E-state index in [2.05, 4.69) is 28.8 Å². The molecule has 0 aromatic carbocycles. The van der Waals surface area contributed by atoms with E-state index in [0.29, 0.717) is 17.5 Å². The molecule has 4 rings (SSSR count). The molecule has 4 heterocycles. The first-order chi connectivity index (χ1) is 12.6. The summed E-state index contributed by atoms with van der Waals surface area (Å²) in [5.74, 6) is 1.05. The normalized spacial score (nSPS) is 20.3. The summed E-state index contributed by atoms with van der Waals surface area (Å²) in [6.07, 6.45) is 8.20. The third kappa shape index (κ3) is 3.17. The average Bonchev–Trinajstić information content (AvgIpc) is 2.66. The van der Waals surface area contributed by atoms with Gasteiger partial charge in [-0.1, -0.05) is 13.8 Å². The van der Waals surface area contributed by atoms with Gasteiger partial charge in [0, 0.05) is 43.3 Å². The molecule has 0 saturated carbocycles. The zero-order valence-corrected chi connectivity index (χ0v) is 15.1. The van der Waals surface area contributed by atoms with Gasteiger partial charge in [0.05, 0.1) is 5.52 Å². The van der Waals surface area contributed by atoms with Gasteiger partial charge in [-0.05, 0) is 53.6 Å². The SMILES string of the molecule is C[C@@H]1C[C@@H](C)CN(C(=O)c2cc(-c3ccncc3)c3cnccc3n2)C1. The number of hydrogen-bond acceptors (Lipinski definition) is 4. The molecule has 0 N–H and O–H groups in total. The molecule has 5 heteroatoms. The van der Waals surface area contributed by atoms with E-state index < -0.39 is 0 Å². The number of carbonyl (C=O) groups excluding carboxylic acids is 1. The van der Waals surface area contributed by atoms with Crippen LogP contribution in [0.4, 0.5) is 0 Å². The lowest BCUT2D eigenvalue weighted by Crippen LogP contribution is -2.42. The number of piperidine rings is 1. The lowest BCUT2D eigenvalue weighted by molar-refractivity contribution is 0.0617. The summed E-state index contributed by atoms with van der Waals surface area (Å²) in [6.45, 7) is 6.00. The number of amides is 1. The Balaban J connectivity index is 1.80. The van der Waals surface area contributed by atoms with Crippen LogP contribution in [-0.4, -0.2) is 38.8 Å². The van der Waals surface area contributed by atoms with Crippen LogP contribution in [0.5, 0.6) is 0 Å². The zero-order valence-electron chi connectivity index (χ0n) is 15.1. The first-order valence-electron chi connectivity index (χ1n) is 9.06. The number of pyridine rings is 3. The van der Waals surface area contributed by atoms with Crippen molar-refractivity contribution in [2.24, 2.45) is 11.8 Å². The van der Waals surface area contributed by atoms with E-state index in [-0.39, 0.29) is 5.91 Å². The van der Waals surface area contributed by atoms with Crippen LogP contribution in [0.3, 0.4) is 0 Å². The van der Waals surface area contributed by atoms with Gasteiger partial charge in [-0.15, -0.1) is 0 Å². The molecule has 1 amide bonds. The molecule has 0 spiro atoms. The molecule has 3 aromatic rings. The van der Waals surface area contributed by atoms with Gasteiger partial charge in [-0.3, -0.25) is 14.8 Å². The zero-order chi connectivity index (χ0) is 18.1. The van der Waals surface area contributed by atoms with Crippen LogP contribution in [0.25, 0.3) is 22.0 Å². The Morgan fingerprint density at radius 3 is 2.46 bits per heavy atom. The molecule has 3 aromatic heterocycles. The third-order valence-corrected chi connectivity index (χ3v) is 4.98. The number of aromatic nitrogens is 3. The summed E-state index contributed by atoms with van der Waals surface area (Å²) in [6, 6.07) is 7.64. The molecule has 0 radical (unpaired) electrons. The smallest absolute Gasteiger partial charge is 0.272 e. The maximum absolute atomic E-state index is 13.2. The fourth-order valence-corrected chi connectivity index (χ4v) is 3.94. The molecule has 1 fully saturated rings. The summed E-state index contributed by atoms with van der Waals surface area (Å²) >= 11 is 0. The van der Waals surface area contributed by atoms with Crippen LogP contribution in [0.15, 0.2) is 49.1 Å². The maximum Gasteiger partial charge on any atom is 0.272 e. The minimum atomic E-state index is 0.0115. The Hall–Kier alpha value is -2.82. The van der Waals surface area contributed by atoms with E-state index in [1.807, 2.05) is 29.2 Å². The predicted molar refractivity (Wildman–Crippen MR) is 102 cm³/mol. The molecular weight excluding hydrogens is 324 g/mol. The van der Waals surface area contributed by atoms with Crippen molar-refractivity contribution in [3.63, 3.8) is 0 Å². The Kier molecular flexibility index (Phi) is 4.37. The Morgan fingerprint density at radius 1 is 1.04 bits per heavy atom. The van der Waals surface area contributed by atoms with E-state index in [9.17, 15) is 4.79 Å². The topological polar surface area (TPSA) is 59.0 Å². The Bertz CT molecular complexity index is 931. The van der Waals surface area contributed by atoms with Crippen LogP contribution in [0.2, 0.25) is 0 Å².